The first-order valence-electron chi connectivity index (χ1n) is 6.03. The number of carbonyl (C=O) groups excluding carboxylic acids is 1. The number of hydrogen-bond acceptors (Lipinski definition) is 3. The number of halogens is 1. The van der Waals surface area contributed by atoms with E-state index >= 15 is 0 Å². The highest BCUT2D eigenvalue weighted by Crippen LogP contribution is 2.23. The minimum absolute atomic E-state index is 0.0865. The zero-order valence-electron chi connectivity index (χ0n) is 10.9. The minimum atomic E-state index is -0.743. The molecule has 2 aromatic rings. The van der Waals surface area contributed by atoms with Gasteiger partial charge in [0.25, 0.3) is 5.91 Å². The number of carbonyl (C=O) groups is 1. The van der Waals surface area contributed by atoms with Crippen LogP contribution < -0.4 is 10.5 Å². The Labute approximate surface area is 130 Å². The van der Waals surface area contributed by atoms with Gasteiger partial charge in [-0.15, -0.1) is 0 Å². The number of nitriles is 1. The SMILES string of the molecule is N#C/C(=C/c1ccc(Oc2ccc(Br)cc2)cc1)C(N)=O. The second-order valence-electron chi connectivity index (χ2n) is 4.16. The number of ether oxygens (including phenoxy) is 1. The lowest BCUT2D eigenvalue weighted by Gasteiger charge is -2.06. The molecule has 0 aliphatic carbocycles. The summed E-state index contributed by atoms with van der Waals surface area (Å²) in [6, 6.07) is 16.2. The van der Waals surface area contributed by atoms with Crippen LogP contribution in [0.5, 0.6) is 11.5 Å². The summed E-state index contributed by atoms with van der Waals surface area (Å²) < 4.78 is 6.65. The Hall–Kier alpha value is -2.58. The van der Waals surface area contributed by atoms with Crippen LogP contribution in [-0.4, -0.2) is 5.91 Å². The molecule has 0 atom stereocenters. The van der Waals surface area contributed by atoms with Crippen molar-refractivity contribution in [3.8, 4) is 17.6 Å². The number of primary amides is 1. The summed E-state index contributed by atoms with van der Waals surface area (Å²) in [4.78, 5) is 11.0. The van der Waals surface area contributed by atoms with Crippen molar-refractivity contribution in [3.63, 3.8) is 0 Å². The van der Waals surface area contributed by atoms with Gasteiger partial charge >= 0.3 is 0 Å². The van der Waals surface area contributed by atoms with Gasteiger partial charge in [0.2, 0.25) is 0 Å². The van der Waals surface area contributed by atoms with Crippen LogP contribution in [-0.2, 0) is 4.79 Å². The van der Waals surface area contributed by atoms with Gasteiger partial charge in [0.05, 0.1) is 0 Å². The normalized spacial score (nSPS) is 10.8. The molecule has 0 saturated carbocycles. The van der Waals surface area contributed by atoms with Crippen LogP contribution in [0.4, 0.5) is 0 Å². The molecule has 0 heterocycles. The number of benzene rings is 2. The maximum absolute atomic E-state index is 11.0. The molecule has 4 nitrogen and oxygen atoms in total. The van der Waals surface area contributed by atoms with Crippen molar-refractivity contribution >= 4 is 27.9 Å². The standard InChI is InChI=1S/C16H11BrN2O2/c17-13-3-7-15(8-4-13)21-14-5-1-11(2-6-14)9-12(10-18)16(19)20/h1-9H,(H2,19,20)/b12-9-. The van der Waals surface area contributed by atoms with Gasteiger partial charge in [0.15, 0.2) is 0 Å². The Kier molecular flexibility index (Phi) is 4.75. The third-order valence-corrected chi connectivity index (χ3v) is 3.16. The number of nitrogens with zero attached hydrogens (tertiary/aromatic N) is 1. The zero-order chi connectivity index (χ0) is 15.2. The number of hydrogen-bond donors (Lipinski definition) is 1. The molecule has 0 unspecified atom stereocenters. The second-order valence-corrected chi connectivity index (χ2v) is 5.07. The molecule has 104 valence electrons. The van der Waals surface area contributed by atoms with Crippen LogP contribution in [0.1, 0.15) is 5.56 Å². The predicted molar refractivity (Wildman–Crippen MR) is 83.4 cm³/mol. The van der Waals surface area contributed by atoms with Crippen molar-refractivity contribution in [1.29, 1.82) is 5.26 Å². The molecule has 2 N–H and O–H groups in total. The number of rotatable bonds is 4. The molecule has 21 heavy (non-hydrogen) atoms. The van der Waals surface area contributed by atoms with E-state index in [1.54, 1.807) is 30.3 Å². The smallest absolute Gasteiger partial charge is 0.259 e. The average molecular weight is 343 g/mol. The maximum atomic E-state index is 11.0. The second kappa shape index (κ2) is 6.73. The average Bonchev–Trinajstić information content (AvgIpc) is 2.48. The first-order chi connectivity index (χ1) is 10.1. The largest absolute Gasteiger partial charge is 0.457 e. The van der Waals surface area contributed by atoms with E-state index in [1.165, 1.54) is 6.08 Å². The van der Waals surface area contributed by atoms with Crippen LogP contribution in [0.15, 0.2) is 58.6 Å². The molecule has 0 fully saturated rings. The summed E-state index contributed by atoms with van der Waals surface area (Å²) in [6.07, 6.45) is 1.44. The fourth-order valence-corrected chi connectivity index (χ4v) is 1.86. The monoisotopic (exact) mass is 342 g/mol. The highest BCUT2D eigenvalue weighted by atomic mass is 79.9. The van der Waals surface area contributed by atoms with Gasteiger partial charge in [-0.2, -0.15) is 5.26 Å². The van der Waals surface area contributed by atoms with Gasteiger partial charge in [0, 0.05) is 4.47 Å². The van der Waals surface area contributed by atoms with Crippen molar-refractivity contribution < 1.29 is 9.53 Å². The topological polar surface area (TPSA) is 76.1 Å². The molecule has 0 aliphatic rings. The van der Waals surface area contributed by atoms with Gasteiger partial charge in [0.1, 0.15) is 23.1 Å². The molecule has 2 aromatic carbocycles. The molecule has 0 spiro atoms. The highest BCUT2D eigenvalue weighted by molar-refractivity contribution is 9.10. The van der Waals surface area contributed by atoms with E-state index in [0.29, 0.717) is 11.3 Å². The molecule has 5 heteroatoms. The fourth-order valence-electron chi connectivity index (χ4n) is 1.60. The third-order valence-electron chi connectivity index (χ3n) is 2.63. The van der Waals surface area contributed by atoms with Crippen LogP contribution in [0.2, 0.25) is 0 Å². The summed E-state index contributed by atoms with van der Waals surface area (Å²) >= 11 is 3.36. The number of amides is 1. The van der Waals surface area contributed by atoms with Crippen molar-refractivity contribution in [3.05, 3.63) is 64.1 Å². The first kappa shape index (κ1) is 14.8. The van der Waals surface area contributed by atoms with Crippen LogP contribution in [0, 0.1) is 11.3 Å². The predicted octanol–water partition coefficient (Wildman–Crippen LogP) is 3.63. The molecular formula is C16H11BrN2O2. The Balaban J connectivity index is 2.14. The van der Waals surface area contributed by atoms with E-state index in [9.17, 15) is 4.79 Å². The molecule has 0 aromatic heterocycles. The van der Waals surface area contributed by atoms with E-state index in [1.807, 2.05) is 24.3 Å². The summed E-state index contributed by atoms with van der Waals surface area (Å²) in [5, 5.41) is 8.78. The molecular weight excluding hydrogens is 332 g/mol. The molecule has 0 radical (unpaired) electrons. The lowest BCUT2D eigenvalue weighted by Crippen LogP contribution is -2.12. The van der Waals surface area contributed by atoms with E-state index in [-0.39, 0.29) is 5.57 Å². The van der Waals surface area contributed by atoms with Crippen molar-refractivity contribution in [2.45, 2.75) is 0 Å². The summed E-state index contributed by atoms with van der Waals surface area (Å²) in [5.41, 5.74) is 5.70. The van der Waals surface area contributed by atoms with E-state index in [2.05, 4.69) is 15.9 Å². The number of nitrogens with two attached hydrogens (primary N) is 1. The lowest BCUT2D eigenvalue weighted by molar-refractivity contribution is -0.114. The zero-order valence-corrected chi connectivity index (χ0v) is 12.5. The van der Waals surface area contributed by atoms with Gasteiger partial charge in [-0.3, -0.25) is 4.79 Å². The first-order valence-corrected chi connectivity index (χ1v) is 6.83. The summed E-state index contributed by atoms with van der Waals surface area (Å²) in [5.74, 6) is 0.635. The lowest BCUT2D eigenvalue weighted by atomic mass is 10.1. The quantitative estimate of drug-likeness (QED) is 0.680. The molecule has 0 saturated heterocycles. The summed E-state index contributed by atoms with van der Waals surface area (Å²) in [6.45, 7) is 0. The van der Waals surface area contributed by atoms with Crippen molar-refractivity contribution in [1.82, 2.24) is 0 Å². The third kappa shape index (κ3) is 4.20. The van der Waals surface area contributed by atoms with Crippen LogP contribution >= 0.6 is 15.9 Å². The molecule has 1 amide bonds. The Bertz CT molecular complexity index is 713. The maximum Gasteiger partial charge on any atom is 0.259 e. The van der Waals surface area contributed by atoms with E-state index in [0.717, 1.165) is 10.2 Å². The van der Waals surface area contributed by atoms with Gasteiger partial charge < -0.3 is 10.5 Å². The molecule has 0 aliphatic heterocycles. The van der Waals surface area contributed by atoms with E-state index < -0.39 is 5.91 Å². The van der Waals surface area contributed by atoms with Crippen molar-refractivity contribution in [2.24, 2.45) is 5.73 Å². The highest BCUT2D eigenvalue weighted by Gasteiger charge is 2.03. The summed E-state index contributed by atoms with van der Waals surface area (Å²) in [7, 11) is 0. The molecule has 0 bridgehead atoms. The van der Waals surface area contributed by atoms with Gasteiger partial charge in [-0.25, -0.2) is 0 Å². The van der Waals surface area contributed by atoms with Crippen molar-refractivity contribution in [2.75, 3.05) is 0 Å². The minimum Gasteiger partial charge on any atom is -0.457 e. The van der Waals surface area contributed by atoms with Gasteiger partial charge in [-0.1, -0.05) is 28.1 Å². The Morgan fingerprint density at radius 3 is 2.10 bits per heavy atom. The van der Waals surface area contributed by atoms with Gasteiger partial charge in [-0.05, 0) is 48.0 Å². The fraction of sp³-hybridized carbons (Fsp3) is 0. The Morgan fingerprint density at radius 1 is 1.10 bits per heavy atom. The van der Waals surface area contributed by atoms with Crippen LogP contribution in [0.25, 0.3) is 6.08 Å². The molecule has 2 rings (SSSR count). The van der Waals surface area contributed by atoms with Crippen LogP contribution in [0.3, 0.4) is 0 Å². The Morgan fingerprint density at radius 2 is 1.62 bits per heavy atom. The van der Waals surface area contributed by atoms with E-state index in [4.69, 9.17) is 15.7 Å².